The first-order chi connectivity index (χ1) is 10.0. The lowest BCUT2D eigenvalue weighted by molar-refractivity contribution is 0.0692. The van der Waals surface area contributed by atoms with E-state index in [0.717, 1.165) is 5.56 Å². The van der Waals surface area contributed by atoms with Gasteiger partial charge in [-0.05, 0) is 43.3 Å². The maximum Gasteiger partial charge on any atom is 0.336 e. The number of nitrogens with one attached hydrogen (secondary N) is 1. The predicted molar refractivity (Wildman–Crippen MR) is 79.1 cm³/mol. The number of amides is 1. The van der Waals surface area contributed by atoms with Gasteiger partial charge in [0.15, 0.2) is 0 Å². The van der Waals surface area contributed by atoms with Crippen LogP contribution in [0.1, 0.15) is 26.3 Å². The van der Waals surface area contributed by atoms with Crippen molar-refractivity contribution in [3.05, 3.63) is 59.2 Å². The molecule has 0 saturated heterocycles. The van der Waals surface area contributed by atoms with Gasteiger partial charge in [0, 0.05) is 5.69 Å². The van der Waals surface area contributed by atoms with Crippen molar-refractivity contribution in [1.82, 2.24) is 0 Å². The van der Waals surface area contributed by atoms with Gasteiger partial charge in [0.25, 0.3) is 5.91 Å². The smallest absolute Gasteiger partial charge is 0.336 e. The molecule has 0 radical (unpaired) electrons. The SMILES string of the molecule is COc1ccc(NC(=O)c2cc(C)ccc2C(=O)O)cc1. The zero-order valence-electron chi connectivity index (χ0n) is 11.7. The summed E-state index contributed by atoms with van der Waals surface area (Å²) in [6.07, 6.45) is 0. The van der Waals surface area contributed by atoms with E-state index in [1.165, 1.54) is 6.07 Å². The maximum absolute atomic E-state index is 12.2. The van der Waals surface area contributed by atoms with Crippen molar-refractivity contribution in [1.29, 1.82) is 0 Å². The molecule has 5 nitrogen and oxygen atoms in total. The van der Waals surface area contributed by atoms with Crippen LogP contribution in [0.2, 0.25) is 0 Å². The third-order valence-electron chi connectivity index (χ3n) is 3.00. The molecule has 0 atom stereocenters. The van der Waals surface area contributed by atoms with Crippen LogP contribution < -0.4 is 10.1 Å². The number of methoxy groups -OCH3 is 1. The minimum absolute atomic E-state index is 0.0217. The van der Waals surface area contributed by atoms with Crippen LogP contribution in [0.15, 0.2) is 42.5 Å². The molecule has 0 aromatic heterocycles. The Morgan fingerprint density at radius 1 is 1.05 bits per heavy atom. The Kier molecular flexibility index (Phi) is 4.23. The van der Waals surface area contributed by atoms with Crippen molar-refractivity contribution < 1.29 is 19.4 Å². The highest BCUT2D eigenvalue weighted by Gasteiger charge is 2.16. The molecule has 2 rings (SSSR count). The number of carbonyl (C=O) groups is 2. The number of carboxylic acid groups (broad SMARTS) is 1. The fraction of sp³-hybridized carbons (Fsp3) is 0.125. The number of anilines is 1. The van der Waals surface area contributed by atoms with E-state index < -0.39 is 11.9 Å². The summed E-state index contributed by atoms with van der Waals surface area (Å²) in [5, 5.41) is 11.8. The zero-order chi connectivity index (χ0) is 15.4. The number of aryl methyl sites for hydroxylation is 1. The molecule has 0 aliphatic rings. The molecule has 2 N–H and O–H groups in total. The molecule has 0 saturated carbocycles. The number of carboxylic acids is 1. The Morgan fingerprint density at radius 3 is 2.29 bits per heavy atom. The normalized spacial score (nSPS) is 10.0. The van der Waals surface area contributed by atoms with E-state index in [1.54, 1.807) is 50.4 Å². The Hall–Kier alpha value is -2.82. The van der Waals surface area contributed by atoms with Crippen LogP contribution in [0.5, 0.6) is 5.75 Å². The Bertz CT molecular complexity index is 677. The molecule has 0 heterocycles. The largest absolute Gasteiger partial charge is 0.497 e. The standard InChI is InChI=1S/C16H15NO4/c1-10-3-8-13(16(19)20)14(9-10)15(18)17-11-4-6-12(21-2)7-5-11/h3-9H,1-2H3,(H,17,18)(H,19,20). The van der Waals surface area contributed by atoms with Crippen LogP contribution in [0, 0.1) is 6.92 Å². The van der Waals surface area contributed by atoms with Crippen molar-refractivity contribution in [2.75, 3.05) is 12.4 Å². The van der Waals surface area contributed by atoms with Crippen molar-refractivity contribution in [2.24, 2.45) is 0 Å². The van der Waals surface area contributed by atoms with Gasteiger partial charge < -0.3 is 15.2 Å². The second-order valence-electron chi connectivity index (χ2n) is 4.54. The average molecular weight is 285 g/mol. The molecule has 0 bridgehead atoms. The van der Waals surface area contributed by atoms with Gasteiger partial charge in [-0.25, -0.2) is 4.79 Å². The molecule has 2 aromatic carbocycles. The number of hydrogen-bond donors (Lipinski definition) is 2. The summed E-state index contributed by atoms with van der Waals surface area (Å²) in [4.78, 5) is 23.4. The van der Waals surface area contributed by atoms with Gasteiger partial charge in [-0.3, -0.25) is 4.79 Å². The van der Waals surface area contributed by atoms with Crippen molar-refractivity contribution in [3.63, 3.8) is 0 Å². The molecular formula is C16H15NO4. The predicted octanol–water partition coefficient (Wildman–Crippen LogP) is 2.95. The first kappa shape index (κ1) is 14.6. The zero-order valence-corrected chi connectivity index (χ0v) is 11.7. The third-order valence-corrected chi connectivity index (χ3v) is 3.00. The minimum atomic E-state index is -1.13. The summed E-state index contributed by atoms with van der Waals surface area (Å²) < 4.78 is 5.03. The Labute approximate surface area is 122 Å². The molecule has 0 unspecified atom stereocenters. The van der Waals surface area contributed by atoms with Gasteiger partial charge in [-0.2, -0.15) is 0 Å². The summed E-state index contributed by atoms with van der Waals surface area (Å²) >= 11 is 0. The number of benzene rings is 2. The van der Waals surface area contributed by atoms with E-state index in [1.807, 2.05) is 0 Å². The van der Waals surface area contributed by atoms with Crippen LogP contribution in [-0.2, 0) is 0 Å². The fourth-order valence-electron chi connectivity index (χ4n) is 1.91. The Balaban J connectivity index is 2.27. The highest BCUT2D eigenvalue weighted by Crippen LogP contribution is 2.18. The number of rotatable bonds is 4. The van der Waals surface area contributed by atoms with Crippen molar-refractivity contribution in [3.8, 4) is 5.75 Å². The van der Waals surface area contributed by atoms with E-state index in [0.29, 0.717) is 11.4 Å². The minimum Gasteiger partial charge on any atom is -0.497 e. The third kappa shape index (κ3) is 3.39. The van der Waals surface area contributed by atoms with Crippen LogP contribution in [0.25, 0.3) is 0 Å². The maximum atomic E-state index is 12.2. The lowest BCUT2D eigenvalue weighted by atomic mass is 10.0. The lowest BCUT2D eigenvalue weighted by Crippen LogP contribution is -2.16. The van der Waals surface area contributed by atoms with Gasteiger partial charge in [-0.1, -0.05) is 11.6 Å². The fourth-order valence-corrected chi connectivity index (χ4v) is 1.91. The van der Waals surface area contributed by atoms with E-state index in [4.69, 9.17) is 9.84 Å². The Morgan fingerprint density at radius 2 is 1.71 bits per heavy atom. The molecule has 0 aliphatic carbocycles. The summed E-state index contributed by atoms with van der Waals surface area (Å²) in [5.74, 6) is -0.911. The topological polar surface area (TPSA) is 75.6 Å². The van der Waals surface area contributed by atoms with Gasteiger partial charge >= 0.3 is 5.97 Å². The average Bonchev–Trinajstić information content (AvgIpc) is 2.47. The highest BCUT2D eigenvalue weighted by molar-refractivity contribution is 6.10. The summed E-state index contributed by atoms with van der Waals surface area (Å²) in [7, 11) is 1.56. The molecule has 1 amide bonds. The van der Waals surface area contributed by atoms with E-state index >= 15 is 0 Å². The van der Waals surface area contributed by atoms with Crippen LogP contribution in [0.4, 0.5) is 5.69 Å². The second-order valence-corrected chi connectivity index (χ2v) is 4.54. The summed E-state index contributed by atoms with van der Waals surface area (Å²) in [6, 6.07) is 11.4. The van der Waals surface area contributed by atoms with Gasteiger partial charge in [0.05, 0.1) is 18.2 Å². The number of aromatic carboxylic acids is 1. The number of hydrogen-bond acceptors (Lipinski definition) is 3. The quantitative estimate of drug-likeness (QED) is 0.905. The molecule has 0 aliphatic heterocycles. The van der Waals surface area contributed by atoms with Gasteiger partial charge in [0.1, 0.15) is 5.75 Å². The second kappa shape index (κ2) is 6.09. The summed E-state index contributed by atoms with van der Waals surface area (Å²) in [5.41, 5.74) is 1.50. The number of carbonyl (C=O) groups excluding carboxylic acids is 1. The first-order valence-corrected chi connectivity index (χ1v) is 6.30. The number of ether oxygens (including phenoxy) is 1. The van der Waals surface area contributed by atoms with E-state index in [2.05, 4.69) is 5.32 Å². The molecule has 0 spiro atoms. The van der Waals surface area contributed by atoms with Crippen LogP contribution >= 0.6 is 0 Å². The lowest BCUT2D eigenvalue weighted by Gasteiger charge is -2.09. The van der Waals surface area contributed by atoms with Gasteiger partial charge in [0.2, 0.25) is 0 Å². The highest BCUT2D eigenvalue weighted by atomic mass is 16.5. The van der Waals surface area contributed by atoms with Crippen LogP contribution in [-0.4, -0.2) is 24.1 Å². The molecule has 108 valence electrons. The molecule has 21 heavy (non-hydrogen) atoms. The van der Waals surface area contributed by atoms with Crippen molar-refractivity contribution >= 4 is 17.6 Å². The van der Waals surface area contributed by atoms with Crippen molar-refractivity contribution in [2.45, 2.75) is 6.92 Å². The van der Waals surface area contributed by atoms with Crippen LogP contribution in [0.3, 0.4) is 0 Å². The van der Waals surface area contributed by atoms with E-state index in [-0.39, 0.29) is 11.1 Å². The summed E-state index contributed by atoms with van der Waals surface area (Å²) in [6.45, 7) is 1.80. The monoisotopic (exact) mass is 285 g/mol. The molecule has 0 fully saturated rings. The molecule has 2 aromatic rings. The van der Waals surface area contributed by atoms with E-state index in [9.17, 15) is 9.59 Å². The first-order valence-electron chi connectivity index (χ1n) is 6.30. The van der Waals surface area contributed by atoms with Gasteiger partial charge in [-0.15, -0.1) is 0 Å². The molecular weight excluding hydrogens is 270 g/mol. The molecule has 5 heteroatoms.